The summed E-state index contributed by atoms with van der Waals surface area (Å²) in [6, 6.07) is 7.91. The summed E-state index contributed by atoms with van der Waals surface area (Å²) in [7, 11) is -3.93. The minimum Gasteiger partial charge on any atom is -0.476 e. The van der Waals surface area contributed by atoms with Gasteiger partial charge in [0.05, 0.1) is 5.69 Å². The van der Waals surface area contributed by atoms with Crippen molar-refractivity contribution in [2.45, 2.75) is 26.8 Å². The highest BCUT2D eigenvalue weighted by atomic mass is 32.2. The van der Waals surface area contributed by atoms with Crippen LogP contribution in [0, 0.1) is 12.7 Å². The van der Waals surface area contributed by atoms with E-state index in [1.54, 1.807) is 13.8 Å². The van der Waals surface area contributed by atoms with Crippen molar-refractivity contribution in [3.05, 3.63) is 53.5 Å². The molecule has 1 heterocycles. The maximum Gasteiger partial charge on any atom is 0.271 e. The average molecular weight is 381 g/mol. The molecule has 1 aromatic carbocycles. The fraction of sp³-hybridized carbons (Fsp3) is 0.294. The molecule has 2 aromatic rings. The maximum atomic E-state index is 13.4. The van der Waals surface area contributed by atoms with Crippen LogP contribution < -0.4 is 14.8 Å². The number of hydrogen-bond acceptors (Lipinski definition) is 5. The number of rotatable bonds is 7. The van der Waals surface area contributed by atoms with Crippen LogP contribution in [0.25, 0.3) is 0 Å². The van der Waals surface area contributed by atoms with Crippen LogP contribution in [0.2, 0.25) is 0 Å². The Bertz CT molecular complexity index is 916. The predicted molar refractivity (Wildman–Crippen MR) is 95.9 cm³/mol. The lowest BCUT2D eigenvalue weighted by Crippen LogP contribution is -2.40. The quantitative estimate of drug-likeness (QED) is 0.792. The third kappa shape index (κ3) is 4.48. The van der Waals surface area contributed by atoms with Crippen LogP contribution in [0.3, 0.4) is 0 Å². The summed E-state index contributed by atoms with van der Waals surface area (Å²) >= 11 is 0. The smallest absolute Gasteiger partial charge is 0.271 e. The van der Waals surface area contributed by atoms with Gasteiger partial charge in [-0.3, -0.25) is 4.79 Å². The summed E-state index contributed by atoms with van der Waals surface area (Å²) in [5.74, 6) is -1.54. The van der Waals surface area contributed by atoms with Crippen molar-refractivity contribution < 1.29 is 22.3 Å². The van der Waals surface area contributed by atoms with Crippen molar-refractivity contribution >= 4 is 21.7 Å². The third-order valence-corrected chi connectivity index (χ3v) is 5.12. The van der Waals surface area contributed by atoms with E-state index >= 15 is 0 Å². The molecule has 0 saturated carbocycles. The van der Waals surface area contributed by atoms with E-state index in [9.17, 15) is 17.6 Å². The lowest BCUT2D eigenvalue weighted by Gasteiger charge is -2.27. The summed E-state index contributed by atoms with van der Waals surface area (Å²) in [4.78, 5) is 15.2. The van der Waals surface area contributed by atoms with Crippen LogP contribution in [0.5, 0.6) is 5.75 Å². The molecule has 0 spiro atoms. The number of sulfonamides is 1. The van der Waals surface area contributed by atoms with Crippen molar-refractivity contribution in [3.63, 3.8) is 0 Å². The molecular weight excluding hydrogens is 361 g/mol. The minimum atomic E-state index is -3.93. The molecule has 0 unspecified atom stereocenters. The second-order valence-electron chi connectivity index (χ2n) is 5.89. The van der Waals surface area contributed by atoms with E-state index in [0.29, 0.717) is 0 Å². The highest BCUT2D eigenvalue weighted by molar-refractivity contribution is 7.92. The van der Waals surface area contributed by atoms with Gasteiger partial charge in [-0.25, -0.2) is 22.1 Å². The zero-order valence-electron chi connectivity index (χ0n) is 14.6. The van der Waals surface area contributed by atoms with Crippen molar-refractivity contribution in [2.75, 3.05) is 10.2 Å². The van der Waals surface area contributed by atoms with Crippen LogP contribution in [0.1, 0.15) is 29.9 Å². The van der Waals surface area contributed by atoms with Crippen molar-refractivity contribution in [1.82, 2.24) is 4.98 Å². The molecule has 0 aliphatic carbocycles. The zero-order chi connectivity index (χ0) is 19.5. The number of aryl methyl sites for hydroxylation is 1. The van der Waals surface area contributed by atoms with Gasteiger partial charge < -0.3 is 10.5 Å². The van der Waals surface area contributed by atoms with Crippen LogP contribution in [0.15, 0.2) is 36.4 Å². The molecule has 140 valence electrons. The summed E-state index contributed by atoms with van der Waals surface area (Å²) in [5.41, 5.74) is 5.50. The number of carbonyl (C=O) groups is 1. The van der Waals surface area contributed by atoms with Gasteiger partial charge in [-0.1, -0.05) is 6.07 Å². The van der Waals surface area contributed by atoms with Crippen LogP contribution in [-0.2, 0) is 10.0 Å². The summed E-state index contributed by atoms with van der Waals surface area (Å²) in [5, 5.41) is 0. The monoisotopic (exact) mass is 381 g/mol. The molecule has 2 N–H and O–H groups in total. The Morgan fingerprint density at radius 2 is 2.00 bits per heavy atom. The van der Waals surface area contributed by atoms with Gasteiger partial charge in [0.1, 0.15) is 17.4 Å². The van der Waals surface area contributed by atoms with Gasteiger partial charge in [-0.2, -0.15) is 0 Å². The van der Waals surface area contributed by atoms with Crippen molar-refractivity contribution in [3.8, 4) is 5.75 Å². The first-order valence-electron chi connectivity index (χ1n) is 7.79. The molecule has 0 bridgehead atoms. The SMILES string of the molecule is Cc1nc(N(C(C)C)S(=O)(=O)COc2cccc(C(N)=O)c2)ccc1F. The molecule has 0 fully saturated rings. The lowest BCUT2D eigenvalue weighted by molar-refractivity contribution is 0.1000. The normalized spacial score (nSPS) is 11.4. The predicted octanol–water partition coefficient (Wildman–Crippen LogP) is 2.21. The number of aromatic nitrogens is 1. The number of anilines is 1. The Hall–Kier alpha value is -2.68. The maximum absolute atomic E-state index is 13.4. The van der Waals surface area contributed by atoms with Crippen LogP contribution in [0.4, 0.5) is 10.2 Å². The van der Waals surface area contributed by atoms with Crippen molar-refractivity contribution in [1.29, 1.82) is 0 Å². The number of carbonyl (C=O) groups excluding carboxylic acids is 1. The number of benzene rings is 1. The first kappa shape index (κ1) is 19.6. The Morgan fingerprint density at radius 3 is 2.58 bits per heavy atom. The van der Waals surface area contributed by atoms with E-state index in [1.165, 1.54) is 43.3 Å². The van der Waals surface area contributed by atoms with E-state index in [-0.39, 0.29) is 22.8 Å². The lowest BCUT2D eigenvalue weighted by atomic mass is 10.2. The third-order valence-electron chi connectivity index (χ3n) is 3.49. The fourth-order valence-electron chi connectivity index (χ4n) is 2.32. The molecule has 0 aliphatic rings. The van der Waals surface area contributed by atoms with Crippen molar-refractivity contribution in [2.24, 2.45) is 5.73 Å². The molecular formula is C17H20FN3O4S. The zero-order valence-corrected chi connectivity index (χ0v) is 15.5. The number of hydrogen-bond donors (Lipinski definition) is 1. The number of nitrogens with two attached hydrogens (primary N) is 1. The molecule has 26 heavy (non-hydrogen) atoms. The molecule has 9 heteroatoms. The van der Waals surface area contributed by atoms with Gasteiger partial charge in [-0.05, 0) is 51.1 Å². The van der Waals surface area contributed by atoms with Gasteiger partial charge in [-0.15, -0.1) is 0 Å². The highest BCUT2D eigenvalue weighted by Gasteiger charge is 2.27. The minimum absolute atomic E-state index is 0.0958. The summed E-state index contributed by atoms with van der Waals surface area (Å²) in [6.07, 6.45) is 0. The van der Waals surface area contributed by atoms with Gasteiger partial charge in [0, 0.05) is 11.6 Å². The highest BCUT2D eigenvalue weighted by Crippen LogP contribution is 2.22. The molecule has 1 amide bonds. The second kappa shape index (κ2) is 7.69. The van der Waals surface area contributed by atoms with Crippen LogP contribution >= 0.6 is 0 Å². The Morgan fingerprint density at radius 1 is 1.31 bits per heavy atom. The number of pyridine rings is 1. The average Bonchev–Trinajstić information content (AvgIpc) is 2.56. The molecule has 2 rings (SSSR count). The molecule has 0 saturated heterocycles. The van der Waals surface area contributed by atoms with E-state index in [4.69, 9.17) is 10.5 Å². The molecule has 0 aliphatic heterocycles. The van der Waals surface area contributed by atoms with E-state index in [0.717, 1.165) is 4.31 Å². The first-order valence-corrected chi connectivity index (χ1v) is 9.40. The van der Waals surface area contributed by atoms with Gasteiger partial charge >= 0.3 is 0 Å². The molecule has 1 aromatic heterocycles. The first-order chi connectivity index (χ1) is 12.1. The van der Waals surface area contributed by atoms with Gasteiger partial charge in [0.25, 0.3) is 10.0 Å². The number of ether oxygens (including phenoxy) is 1. The second-order valence-corrected chi connectivity index (χ2v) is 7.69. The van der Waals surface area contributed by atoms with Gasteiger partial charge in [0.15, 0.2) is 0 Å². The number of halogens is 1. The fourth-order valence-corrected chi connectivity index (χ4v) is 3.75. The summed E-state index contributed by atoms with van der Waals surface area (Å²) < 4.78 is 45.3. The van der Waals surface area contributed by atoms with Gasteiger partial charge in [0.2, 0.25) is 11.8 Å². The van der Waals surface area contributed by atoms with E-state index in [1.807, 2.05) is 0 Å². The van der Waals surface area contributed by atoms with E-state index in [2.05, 4.69) is 4.98 Å². The molecule has 0 radical (unpaired) electrons. The number of nitrogens with zero attached hydrogens (tertiary/aromatic N) is 2. The number of primary amides is 1. The van der Waals surface area contributed by atoms with E-state index < -0.39 is 33.7 Å². The summed E-state index contributed by atoms with van der Waals surface area (Å²) in [6.45, 7) is 4.80. The Labute approximate surface area is 151 Å². The number of amides is 1. The topological polar surface area (TPSA) is 103 Å². The molecule has 0 atom stereocenters. The standard InChI is InChI=1S/C17H20FN3O4S/c1-11(2)21(16-8-7-15(18)12(3)20-16)26(23,24)10-25-14-6-4-5-13(9-14)17(19)22/h4-9,11H,10H2,1-3H3,(H2,19,22). The largest absolute Gasteiger partial charge is 0.476 e. The molecule has 7 nitrogen and oxygen atoms in total. The van der Waals surface area contributed by atoms with Crippen LogP contribution in [-0.4, -0.2) is 31.3 Å². The Balaban J connectivity index is 2.26. The Kier molecular flexibility index (Phi) is 5.81.